The van der Waals surface area contributed by atoms with Crippen molar-refractivity contribution in [3.05, 3.63) is 47.0 Å². The Kier molecular flexibility index (Phi) is 6.43. The molecule has 2 aromatic rings. The molecule has 0 aliphatic heterocycles. The maximum atomic E-state index is 13.1. The van der Waals surface area contributed by atoms with Gasteiger partial charge in [-0.15, -0.1) is 0 Å². The molecule has 1 atom stereocenters. The number of hydrogen-bond donors (Lipinski definition) is 2. The number of alkyl halides is 3. The molecule has 0 bridgehead atoms. The topological polar surface area (TPSA) is 59.6 Å². The van der Waals surface area contributed by atoms with Crippen LogP contribution in [-0.2, 0) is 11.0 Å². The summed E-state index contributed by atoms with van der Waals surface area (Å²) in [4.78, 5) is 12.3. The highest BCUT2D eigenvalue weighted by molar-refractivity contribution is 6.30. The number of rotatable bonds is 6. The fraction of sp³-hybridized carbons (Fsp3) is 0.278. The number of halogens is 4. The number of nitrogens with one attached hydrogen (secondary N) is 2. The van der Waals surface area contributed by atoms with Gasteiger partial charge in [-0.2, -0.15) is 13.2 Å². The van der Waals surface area contributed by atoms with Gasteiger partial charge in [-0.25, -0.2) is 0 Å². The van der Waals surface area contributed by atoms with Gasteiger partial charge in [0.15, 0.2) is 11.5 Å². The summed E-state index contributed by atoms with van der Waals surface area (Å²) in [7, 11) is 2.96. The second kappa shape index (κ2) is 8.39. The fourth-order valence-electron chi connectivity index (χ4n) is 2.34. The first kappa shape index (κ1) is 20.7. The lowest BCUT2D eigenvalue weighted by Gasteiger charge is -2.19. The molecule has 1 unspecified atom stereocenters. The zero-order valence-corrected chi connectivity index (χ0v) is 15.5. The van der Waals surface area contributed by atoms with Crippen molar-refractivity contribution < 1.29 is 27.4 Å². The second-order valence-electron chi connectivity index (χ2n) is 5.61. The average molecular weight is 403 g/mol. The van der Waals surface area contributed by atoms with Gasteiger partial charge in [0.05, 0.1) is 25.5 Å². The van der Waals surface area contributed by atoms with E-state index < -0.39 is 23.7 Å². The smallest absolute Gasteiger partial charge is 0.418 e. The summed E-state index contributed by atoms with van der Waals surface area (Å²) >= 11 is 5.64. The standard InChI is InChI=1S/C18H18ClF3N2O3/c1-10(23-12-5-7-15(26-2)16(9-12)27-3)17(25)24-14-6-4-11(19)8-13(14)18(20,21)22/h4-10,23H,1-3H3,(H,24,25). The van der Waals surface area contributed by atoms with Gasteiger partial charge in [0.2, 0.25) is 5.91 Å². The molecule has 9 heteroatoms. The van der Waals surface area contributed by atoms with Crippen LogP contribution in [0.5, 0.6) is 11.5 Å². The molecular formula is C18H18ClF3N2O3. The molecular weight excluding hydrogens is 385 g/mol. The maximum absolute atomic E-state index is 13.1. The zero-order chi connectivity index (χ0) is 20.2. The van der Waals surface area contributed by atoms with Crippen molar-refractivity contribution >= 4 is 28.9 Å². The van der Waals surface area contributed by atoms with Crippen LogP contribution >= 0.6 is 11.6 Å². The Morgan fingerprint density at radius 2 is 1.74 bits per heavy atom. The van der Waals surface area contributed by atoms with Crippen molar-refractivity contribution in [2.24, 2.45) is 0 Å². The summed E-state index contributed by atoms with van der Waals surface area (Å²) in [5.41, 5.74) is -0.832. The van der Waals surface area contributed by atoms with Gasteiger partial charge in [0, 0.05) is 16.8 Å². The summed E-state index contributed by atoms with van der Waals surface area (Å²) in [5.74, 6) is 0.320. The highest BCUT2D eigenvalue weighted by Gasteiger charge is 2.34. The van der Waals surface area contributed by atoms with Crippen molar-refractivity contribution in [3.63, 3.8) is 0 Å². The molecule has 5 nitrogen and oxygen atoms in total. The maximum Gasteiger partial charge on any atom is 0.418 e. The minimum Gasteiger partial charge on any atom is -0.493 e. The van der Waals surface area contributed by atoms with Gasteiger partial charge in [-0.05, 0) is 37.3 Å². The molecule has 0 aromatic heterocycles. The van der Waals surface area contributed by atoms with Crippen LogP contribution in [0, 0.1) is 0 Å². The van der Waals surface area contributed by atoms with E-state index >= 15 is 0 Å². The molecule has 0 spiro atoms. The van der Waals surface area contributed by atoms with Gasteiger partial charge < -0.3 is 20.1 Å². The number of ether oxygens (including phenoxy) is 2. The van der Waals surface area contributed by atoms with Crippen LogP contribution in [0.3, 0.4) is 0 Å². The largest absolute Gasteiger partial charge is 0.493 e. The van der Waals surface area contributed by atoms with Gasteiger partial charge in [-0.3, -0.25) is 4.79 Å². The van der Waals surface area contributed by atoms with Crippen LogP contribution in [0.2, 0.25) is 5.02 Å². The predicted molar refractivity (Wildman–Crippen MR) is 97.7 cm³/mol. The Hall–Kier alpha value is -2.61. The van der Waals surface area contributed by atoms with Gasteiger partial charge in [-0.1, -0.05) is 11.6 Å². The average Bonchev–Trinajstić information content (AvgIpc) is 2.62. The van der Waals surface area contributed by atoms with Gasteiger partial charge in [0.25, 0.3) is 0 Å². The molecule has 1 amide bonds. The third kappa shape index (κ3) is 5.19. The van der Waals surface area contributed by atoms with Crippen LogP contribution in [-0.4, -0.2) is 26.2 Å². The highest BCUT2D eigenvalue weighted by Crippen LogP contribution is 2.36. The molecule has 0 fully saturated rings. The summed E-state index contributed by atoms with van der Waals surface area (Å²) in [5, 5.41) is 5.11. The third-order valence-electron chi connectivity index (χ3n) is 3.70. The van der Waals surface area contributed by atoms with Crippen LogP contribution in [0.1, 0.15) is 12.5 Å². The van der Waals surface area contributed by atoms with E-state index in [4.69, 9.17) is 21.1 Å². The zero-order valence-electron chi connectivity index (χ0n) is 14.8. The quantitative estimate of drug-likeness (QED) is 0.727. The minimum absolute atomic E-state index is 0.0724. The first-order valence-electron chi connectivity index (χ1n) is 7.82. The van der Waals surface area contributed by atoms with E-state index in [1.807, 2.05) is 0 Å². The summed E-state index contributed by atoms with van der Waals surface area (Å²) in [6.45, 7) is 1.52. The van der Waals surface area contributed by atoms with E-state index in [1.165, 1.54) is 27.2 Å². The van der Waals surface area contributed by atoms with Crippen LogP contribution in [0.15, 0.2) is 36.4 Å². The number of benzene rings is 2. The van der Waals surface area contributed by atoms with Crippen molar-refractivity contribution in [1.29, 1.82) is 0 Å². The number of carbonyl (C=O) groups excluding carboxylic acids is 1. The SMILES string of the molecule is COc1ccc(NC(C)C(=O)Nc2ccc(Cl)cc2C(F)(F)F)cc1OC. The van der Waals surface area contributed by atoms with Crippen molar-refractivity contribution in [2.45, 2.75) is 19.1 Å². The monoisotopic (exact) mass is 402 g/mol. The number of methoxy groups -OCH3 is 2. The normalized spacial score (nSPS) is 12.3. The second-order valence-corrected chi connectivity index (χ2v) is 6.05. The molecule has 2 rings (SSSR count). The lowest BCUT2D eigenvalue weighted by molar-refractivity contribution is -0.137. The molecule has 0 radical (unpaired) electrons. The molecule has 0 aliphatic rings. The van der Waals surface area contributed by atoms with E-state index in [0.29, 0.717) is 17.2 Å². The van der Waals surface area contributed by atoms with Crippen molar-refractivity contribution in [1.82, 2.24) is 0 Å². The van der Waals surface area contributed by atoms with Crippen molar-refractivity contribution in [2.75, 3.05) is 24.9 Å². The van der Waals surface area contributed by atoms with E-state index in [1.54, 1.807) is 18.2 Å². The molecule has 146 valence electrons. The van der Waals surface area contributed by atoms with E-state index in [2.05, 4.69) is 10.6 Å². The Bertz CT molecular complexity index is 828. The lowest BCUT2D eigenvalue weighted by Crippen LogP contribution is -2.32. The Balaban J connectivity index is 2.15. The van der Waals surface area contributed by atoms with Crippen LogP contribution in [0.4, 0.5) is 24.5 Å². The van der Waals surface area contributed by atoms with E-state index in [9.17, 15) is 18.0 Å². The van der Waals surface area contributed by atoms with Crippen molar-refractivity contribution in [3.8, 4) is 11.5 Å². The Morgan fingerprint density at radius 1 is 1.07 bits per heavy atom. The molecule has 0 heterocycles. The highest BCUT2D eigenvalue weighted by atomic mass is 35.5. The van der Waals surface area contributed by atoms with E-state index in [0.717, 1.165) is 12.1 Å². The number of anilines is 2. The van der Waals surface area contributed by atoms with E-state index in [-0.39, 0.29) is 10.7 Å². The molecule has 2 N–H and O–H groups in total. The van der Waals surface area contributed by atoms with Gasteiger partial charge in [0.1, 0.15) is 6.04 Å². The number of amides is 1. The van der Waals surface area contributed by atoms with Gasteiger partial charge >= 0.3 is 6.18 Å². The molecule has 0 saturated carbocycles. The molecule has 0 saturated heterocycles. The summed E-state index contributed by atoms with van der Waals surface area (Å²) in [6, 6.07) is 7.27. The third-order valence-corrected chi connectivity index (χ3v) is 3.94. The molecule has 27 heavy (non-hydrogen) atoms. The molecule has 2 aromatic carbocycles. The summed E-state index contributed by atoms with van der Waals surface area (Å²) < 4.78 is 49.7. The first-order valence-corrected chi connectivity index (χ1v) is 8.19. The van der Waals surface area contributed by atoms with Crippen LogP contribution < -0.4 is 20.1 Å². The Labute approximate surface area is 159 Å². The predicted octanol–water partition coefficient (Wildman–Crippen LogP) is 4.82. The molecule has 0 aliphatic carbocycles. The minimum atomic E-state index is -4.65. The number of carbonyl (C=O) groups is 1. The fourth-order valence-corrected chi connectivity index (χ4v) is 2.51. The lowest BCUT2D eigenvalue weighted by atomic mass is 10.1. The number of hydrogen-bond acceptors (Lipinski definition) is 4. The summed E-state index contributed by atoms with van der Waals surface area (Å²) in [6.07, 6.45) is -4.65. The Morgan fingerprint density at radius 3 is 2.33 bits per heavy atom. The van der Waals surface area contributed by atoms with Crippen LogP contribution in [0.25, 0.3) is 0 Å². The first-order chi connectivity index (χ1) is 12.7.